The Morgan fingerprint density at radius 2 is 2.17 bits per heavy atom. The highest BCUT2D eigenvalue weighted by Crippen LogP contribution is 2.20. The van der Waals surface area contributed by atoms with Crippen LogP contribution < -0.4 is 5.32 Å². The lowest BCUT2D eigenvalue weighted by Gasteiger charge is -2.09. The van der Waals surface area contributed by atoms with Gasteiger partial charge in [0.1, 0.15) is 6.07 Å². The highest BCUT2D eigenvalue weighted by Gasteiger charge is 2.29. The van der Waals surface area contributed by atoms with Crippen LogP contribution in [-0.2, 0) is 4.74 Å². The molecule has 1 rings (SSSR count). The van der Waals surface area contributed by atoms with E-state index in [1.54, 1.807) is 6.07 Å². The minimum Gasteiger partial charge on any atom is -0.440 e. The number of amides is 1. The molecule has 4 nitrogen and oxygen atoms in total. The number of rotatable bonds is 2. The molecule has 96 valence electrons. The highest BCUT2D eigenvalue weighted by molar-refractivity contribution is 6.32. The van der Waals surface area contributed by atoms with Crippen LogP contribution in [0.2, 0.25) is 5.02 Å². The molecule has 0 spiro atoms. The summed E-state index contributed by atoms with van der Waals surface area (Å²) in [5, 5.41) is 10.7. The summed E-state index contributed by atoms with van der Waals surface area (Å²) in [7, 11) is 0. The number of anilines is 1. The van der Waals surface area contributed by atoms with Gasteiger partial charge in [0.25, 0.3) is 0 Å². The molecule has 0 heterocycles. The molecule has 0 aliphatic rings. The van der Waals surface area contributed by atoms with E-state index in [9.17, 15) is 18.0 Å². The first-order valence-electron chi connectivity index (χ1n) is 4.52. The molecule has 0 aliphatic carbocycles. The molecule has 1 aromatic rings. The lowest BCUT2D eigenvalue weighted by molar-refractivity contribution is -0.159. The topological polar surface area (TPSA) is 62.1 Å². The third kappa shape index (κ3) is 4.51. The van der Waals surface area contributed by atoms with E-state index in [2.05, 4.69) is 10.1 Å². The van der Waals surface area contributed by atoms with Gasteiger partial charge in [0.2, 0.25) is 0 Å². The lowest BCUT2D eigenvalue weighted by atomic mass is 10.2. The molecule has 1 aromatic carbocycles. The van der Waals surface area contributed by atoms with E-state index in [0.717, 1.165) is 0 Å². The lowest BCUT2D eigenvalue weighted by Crippen LogP contribution is -2.23. The van der Waals surface area contributed by atoms with Crippen LogP contribution in [0.15, 0.2) is 18.2 Å². The predicted molar refractivity (Wildman–Crippen MR) is 57.2 cm³/mol. The maximum absolute atomic E-state index is 11.8. The van der Waals surface area contributed by atoms with Gasteiger partial charge in [0.05, 0.1) is 10.6 Å². The normalized spacial score (nSPS) is 10.6. The quantitative estimate of drug-likeness (QED) is 0.902. The Hall–Kier alpha value is -1.94. The summed E-state index contributed by atoms with van der Waals surface area (Å²) >= 11 is 5.67. The number of benzene rings is 1. The Balaban J connectivity index is 2.61. The van der Waals surface area contributed by atoms with Gasteiger partial charge in [-0.1, -0.05) is 11.6 Å². The number of alkyl halides is 3. The number of hydrogen-bond donors (Lipinski definition) is 1. The summed E-state index contributed by atoms with van der Waals surface area (Å²) in [5.41, 5.74) is 0.317. The monoisotopic (exact) mass is 278 g/mol. The van der Waals surface area contributed by atoms with Gasteiger partial charge in [-0.2, -0.15) is 18.4 Å². The van der Waals surface area contributed by atoms with Crippen molar-refractivity contribution >= 4 is 23.4 Å². The van der Waals surface area contributed by atoms with Crippen LogP contribution in [-0.4, -0.2) is 18.9 Å². The van der Waals surface area contributed by atoms with Gasteiger partial charge in [-0.3, -0.25) is 5.32 Å². The van der Waals surface area contributed by atoms with Crippen LogP contribution in [0.25, 0.3) is 0 Å². The van der Waals surface area contributed by atoms with E-state index in [4.69, 9.17) is 16.9 Å². The summed E-state index contributed by atoms with van der Waals surface area (Å²) in [4.78, 5) is 11.0. The first-order chi connectivity index (χ1) is 8.31. The molecule has 0 aromatic heterocycles. The largest absolute Gasteiger partial charge is 0.440 e. The molecular weight excluding hydrogens is 273 g/mol. The summed E-state index contributed by atoms with van der Waals surface area (Å²) < 4.78 is 39.2. The number of halogens is 4. The van der Waals surface area contributed by atoms with Gasteiger partial charge >= 0.3 is 12.3 Å². The van der Waals surface area contributed by atoms with Crippen LogP contribution in [0.4, 0.5) is 23.7 Å². The van der Waals surface area contributed by atoms with Crippen LogP contribution in [0.3, 0.4) is 0 Å². The summed E-state index contributed by atoms with van der Waals surface area (Å²) in [5.74, 6) is 0. The average molecular weight is 279 g/mol. The number of nitrogens with zero attached hydrogens (tertiary/aromatic N) is 1. The molecule has 1 amide bonds. The van der Waals surface area contributed by atoms with E-state index in [1.165, 1.54) is 18.2 Å². The molecule has 8 heteroatoms. The second kappa shape index (κ2) is 5.60. The fraction of sp³-hybridized carbons (Fsp3) is 0.200. The molecule has 0 saturated heterocycles. The predicted octanol–water partition coefficient (Wildman–Crippen LogP) is 3.32. The average Bonchev–Trinajstić information content (AvgIpc) is 2.26. The Morgan fingerprint density at radius 1 is 1.50 bits per heavy atom. The number of ether oxygens (including phenoxy) is 1. The van der Waals surface area contributed by atoms with Crippen LogP contribution >= 0.6 is 11.6 Å². The fourth-order valence-corrected chi connectivity index (χ4v) is 1.21. The van der Waals surface area contributed by atoms with Gasteiger partial charge in [0.15, 0.2) is 6.61 Å². The Bertz CT molecular complexity index is 497. The Labute approximate surface area is 105 Å². The van der Waals surface area contributed by atoms with E-state index in [1.807, 2.05) is 0 Å². The zero-order valence-electron chi connectivity index (χ0n) is 8.71. The third-order valence-corrected chi connectivity index (χ3v) is 2.02. The van der Waals surface area contributed by atoms with Gasteiger partial charge in [0, 0.05) is 5.69 Å². The second-order valence-electron chi connectivity index (χ2n) is 3.12. The van der Waals surface area contributed by atoms with Crippen LogP contribution in [0, 0.1) is 11.3 Å². The van der Waals surface area contributed by atoms with Crippen molar-refractivity contribution in [1.29, 1.82) is 5.26 Å². The zero-order valence-corrected chi connectivity index (χ0v) is 9.47. The Kier molecular flexibility index (Phi) is 4.39. The van der Waals surface area contributed by atoms with E-state index in [-0.39, 0.29) is 16.3 Å². The van der Waals surface area contributed by atoms with Gasteiger partial charge in [-0.05, 0) is 18.2 Å². The molecule has 0 saturated carbocycles. The van der Waals surface area contributed by atoms with Crippen LogP contribution in [0.1, 0.15) is 5.56 Å². The smallest absolute Gasteiger partial charge is 0.422 e. The molecule has 0 atom stereocenters. The molecule has 0 bridgehead atoms. The minimum atomic E-state index is -4.58. The highest BCUT2D eigenvalue weighted by atomic mass is 35.5. The number of carbonyl (C=O) groups excluding carboxylic acids is 1. The molecule has 0 aliphatic heterocycles. The molecule has 0 unspecified atom stereocenters. The number of carbonyl (C=O) groups is 1. The zero-order chi connectivity index (χ0) is 13.8. The van der Waals surface area contributed by atoms with Crippen molar-refractivity contribution in [2.24, 2.45) is 0 Å². The van der Waals surface area contributed by atoms with E-state index < -0.39 is 18.9 Å². The Morgan fingerprint density at radius 3 is 2.67 bits per heavy atom. The third-order valence-electron chi connectivity index (χ3n) is 1.70. The van der Waals surface area contributed by atoms with E-state index in [0.29, 0.717) is 0 Å². The summed E-state index contributed by atoms with van der Waals surface area (Å²) in [6, 6.07) is 5.67. The molecule has 18 heavy (non-hydrogen) atoms. The number of nitrogens with one attached hydrogen (secondary N) is 1. The molecule has 0 radical (unpaired) electrons. The van der Waals surface area contributed by atoms with Gasteiger partial charge in [-0.25, -0.2) is 4.79 Å². The standard InChI is InChI=1S/C10H6ClF3N2O2/c11-8-3-7(2-1-6(8)4-15)16-9(17)18-5-10(12,13)14/h1-3H,5H2,(H,16,17). The van der Waals surface area contributed by atoms with Crippen molar-refractivity contribution < 1.29 is 22.7 Å². The van der Waals surface area contributed by atoms with Crippen molar-refractivity contribution in [2.75, 3.05) is 11.9 Å². The maximum Gasteiger partial charge on any atom is 0.422 e. The van der Waals surface area contributed by atoms with Crippen molar-refractivity contribution in [3.8, 4) is 6.07 Å². The molecule has 1 N–H and O–H groups in total. The summed E-state index contributed by atoms with van der Waals surface area (Å²) in [6.07, 6.45) is -5.84. The van der Waals surface area contributed by atoms with Crippen LogP contribution in [0.5, 0.6) is 0 Å². The van der Waals surface area contributed by atoms with Crippen molar-refractivity contribution in [2.45, 2.75) is 6.18 Å². The minimum absolute atomic E-state index is 0.0751. The van der Waals surface area contributed by atoms with Gasteiger partial charge in [-0.15, -0.1) is 0 Å². The van der Waals surface area contributed by atoms with E-state index >= 15 is 0 Å². The SMILES string of the molecule is N#Cc1ccc(NC(=O)OCC(F)(F)F)cc1Cl. The van der Waals surface area contributed by atoms with Crippen molar-refractivity contribution in [3.05, 3.63) is 28.8 Å². The second-order valence-corrected chi connectivity index (χ2v) is 3.53. The fourth-order valence-electron chi connectivity index (χ4n) is 0.985. The van der Waals surface area contributed by atoms with Crippen molar-refractivity contribution in [1.82, 2.24) is 0 Å². The molecular formula is C10H6ClF3N2O2. The summed E-state index contributed by atoms with van der Waals surface area (Å²) in [6.45, 7) is -1.68. The maximum atomic E-state index is 11.8. The number of nitriles is 1. The van der Waals surface area contributed by atoms with Crippen molar-refractivity contribution in [3.63, 3.8) is 0 Å². The molecule has 0 fully saturated rings. The first kappa shape index (κ1) is 14.1. The van der Waals surface area contributed by atoms with Gasteiger partial charge < -0.3 is 4.74 Å². The first-order valence-corrected chi connectivity index (χ1v) is 4.90. The number of hydrogen-bond acceptors (Lipinski definition) is 3.